The van der Waals surface area contributed by atoms with Crippen LogP contribution in [0, 0.1) is 13.8 Å². The normalized spacial score (nSPS) is 12.1. The van der Waals surface area contributed by atoms with Crippen molar-refractivity contribution in [3.05, 3.63) is 41.5 Å². The maximum Gasteiger partial charge on any atom is 0.242 e. The Kier molecular flexibility index (Phi) is 6.80. The van der Waals surface area contributed by atoms with E-state index in [2.05, 4.69) is 15.4 Å². The molecule has 2 heterocycles. The molecule has 0 atom stereocenters. The van der Waals surface area contributed by atoms with Gasteiger partial charge in [0.1, 0.15) is 5.82 Å². The minimum atomic E-state index is -3.52. The van der Waals surface area contributed by atoms with Gasteiger partial charge in [-0.05, 0) is 44.5 Å². The zero-order valence-electron chi connectivity index (χ0n) is 18.7. The van der Waals surface area contributed by atoms with Gasteiger partial charge in [0.05, 0.1) is 21.6 Å². The molecule has 1 aromatic carbocycles. The van der Waals surface area contributed by atoms with Gasteiger partial charge in [-0.3, -0.25) is 9.48 Å². The fourth-order valence-electron chi connectivity index (χ4n) is 3.50. The number of imidazole rings is 1. The highest BCUT2D eigenvalue weighted by Gasteiger charge is 2.19. The highest BCUT2D eigenvalue weighted by atomic mass is 32.2. The van der Waals surface area contributed by atoms with Crippen LogP contribution in [0.1, 0.15) is 30.1 Å². The van der Waals surface area contributed by atoms with Crippen LogP contribution in [0.2, 0.25) is 0 Å². The molecule has 0 saturated heterocycles. The lowest BCUT2D eigenvalue weighted by Gasteiger charge is -2.10. The number of aryl methyl sites for hydroxylation is 5. The number of carbonyl (C=O) groups is 1. The number of sulfonamides is 1. The van der Waals surface area contributed by atoms with Crippen molar-refractivity contribution >= 4 is 27.0 Å². The Morgan fingerprint density at radius 1 is 1.19 bits per heavy atom. The number of nitrogens with zero attached hydrogens (tertiary/aromatic N) is 5. The second-order valence-corrected chi connectivity index (χ2v) is 10.0. The molecule has 0 radical (unpaired) electrons. The molecule has 0 aliphatic carbocycles. The summed E-state index contributed by atoms with van der Waals surface area (Å²) in [5.74, 6) is 0.712. The monoisotopic (exact) mass is 446 g/mol. The van der Waals surface area contributed by atoms with Crippen molar-refractivity contribution in [3.63, 3.8) is 0 Å². The maximum atomic E-state index is 12.4. The van der Waals surface area contributed by atoms with E-state index in [-0.39, 0.29) is 10.8 Å². The van der Waals surface area contributed by atoms with Gasteiger partial charge in [-0.15, -0.1) is 0 Å². The highest BCUT2D eigenvalue weighted by molar-refractivity contribution is 7.89. The zero-order chi connectivity index (χ0) is 22.8. The minimum Gasteiger partial charge on any atom is -0.356 e. The Hall–Kier alpha value is -2.72. The average Bonchev–Trinajstić information content (AvgIpc) is 3.21. The molecule has 3 rings (SSSR count). The topological polar surface area (TPSA) is 102 Å². The zero-order valence-corrected chi connectivity index (χ0v) is 19.5. The van der Waals surface area contributed by atoms with Gasteiger partial charge in [-0.25, -0.2) is 17.7 Å². The number of benzene rings is 1. The lowest BCUT2D eigenvalue weighted by molar-refractivity contribution is -0.121. The van der Waals surface area contributed by atoms with E-state index in [0.717, 1.165) is 35.7 Å². The number of carbonyl (C=O) groups excluding carboxylic acids is 1. The standard InChI is InChI=1S/C21H30N6O3S/c1-15-13-16(2)27(24-15)12-6-11-22-21(28)10-9-20-23-18-14-17(31(29,30)25(3)4)7-8-19(18)26(20)5/h7-8,13-14H,6,9-12H2,1-5H3,(H,22,28). The third-order valence-electron chi connectivity index (χ3n) is 5.27. The lowest BCUT2D eigenvalue weighted by Crippen LogP contribution is -2.26. The molecule has 10 heteroatoms. The summed E-state index contributed by atoms with van der Waals surface area (Å²) in [5, 5.41) is 7.36. The van der Waals surface area contributed by atoms with Crippen LogP contribution in [0.15, 0.2) is 29.2 Å². The molecule has 0 saturated carbocycles. The van der Waals surface area contributed by atoms with Crippen molar-refractivity contribution in [3.8, 4) is 0 Å². The van der Waals surface area contributed by atoms with Gasteiger partial charge in [-0.2, -0.15) is 5.10 Å². The van der Waals surface area contributed by atoms with Crippen molar-refractivity contribution in [2.24, 2.45) is 7.05 Å². The summed E-state index contributed by atoms with van der Waals surface area (Å²) < 4.78 is 29.7. The summed E-state index contributed by atoms with van der Waals surface area (Å²) in [6, 6.07) is 6.95. The second kappa shape index (κ2) is 9.19. The largest absolute Gasteiger partial charge is 0.356 e. The molecular formula is C21H30N6O3S. The lowest BCUT2D eigenvalue weighted by atomic mass is 10.2. The van der Waals surface area contributed by atoms with Crippen molar-refractivity contribution in [2.45, 2.75) is 44.6 Å². The Labute approximate surface area is 183 Å². The third-order valence-corrected chi connectivity index (χ3v) is 7.08. The molecule has 0 spiro atoms. The van der Waals surface area contributed by atoms with Gasteiger partial charge in [0.25, 0.3) is 0 Å². The van der Waals surface area contributed by atoms with Crippen molar-refractivity contribution in [1.29, 1.82) is 0 Å². The number of hydrogen-bond acceptors (Lipinski definition) is 5. The first-order chi connectivity index (χ1) is 14.6. The summed E-state index contributed by atoms with van der Waals surface area (Å²) in [4.78, 5) is 17.0. The number of nitrogens with one attached hydrogen (secondary N) is 1. The molecule has 0 aliphatic heterocycles. The molecule has 2 aromatic heterocycles. The van der Waals surface area contributed by atoms with Gasteiger partial charge < -0.3 is 9.88 Å². The Balaban J connectivity index is 1.56. The summed E-state index contributed by atoms with van der Waals surface area (Å²) in [6.45, 7) is 5.34. The quantitative estimate of drug-likeness (QED) is 0.505. The van der Waals surface area contributed by atoms with E-state index in [1.54, 1.807) is 18.2 Å². The predicted molar refractivity (Wildman–Crippen MR) is 119 cm³/mol. The van der Waals surface area contributed by atoms with Crippen molar-refractivity contribution in [1.82, 2.24) is 29.0 Å². The first-order valence-electron chi connectivity index (χ1n) is 10.2. The van der Waals surface area contributed by atoms with Crippen molar-refractivity contribution < 1.29 is 13.2 Å². The average molecular weight is 447 g/mol. The van der Waals surface area contributed by atoms with Gasteiger partial charge in [0.2, 0.25) is 15.9 Å². The first kappa shape index (κ1) is 23.0. The van der Waals surface area contributed by atoms with Gasteiger partial charge >= 0.3 is 0 Å². The summed E-state index contributed by atoms with van der Waals surface area (Å²) in [6.07, 6.45) is 1.60. The molecule has 31 heavy (non-hydrogen) atoms. The highest BCUT2D eigenvalue weighted by Crippen LogP contribution is 2.21. The van der Waals surface area contributed by atoms with Crippen LogP contribution >= 0.6 is 0 Å². The van der Waals surface area contributed by atoms with E-state index >= 15 is 0 Å². The molecule has 1 amide bonds. The third kappa shape index (κ3) is 5.13. The Bertz CT molecular complexity index is 1190. The van der Waals surface area contributed by atoms with E-state index in [1.807, 2.05) is 36.2 Å². The number of rotatable bonds is 9. The fraction of sp³-hybridized carbons (Fsp3) is 0.476. The molecule has 1 N–H and O–H groups in total. The molecule has 0 aliphatic rings. The Morgan fingerprint density at radius 3 is 2.58 bits per heavy atom. The fourth-order valence-corrected chi connectivity index (χ4v) is 4.42. The van der Waals surface area contributed by atoms with Gasteiger partial charge in [0.15, 0.2) is 0 Å². The molecule has 0 unspecified atom stereocenters. The number of fused-ring (bicyclic) bond motifs is 1. The van der Waals surface area contributed by atoms with Crippen LogP contribution in [0.5, 0.6) is 0 Å². The smallest absolute Gasteiger partial charge is 0.242 e. The summed E-state index contributed by atoms with van der Waals surface area (Å²) >= 11 is 0. The SMILES string of the molecule is Cc1cc(C)n(CCCNC(=O)CCc2nc3cc(S(=O)(=O)N(C)C)ccc3n2C)n1. The van der Waals surface area contributed by atoms with Crippen LogP contribution < -0.4 is 5.32 Å². The molecule has 0 bridgehead atoms. The van der Waals surface area contributed by atoms with E-state index in [0.29, 0.717) is 24.9 Å². The van der Waals surface area contributed by atoms with Crippen LogP contribution in [0.25, 0.3) is 11.0 Å². The second-order valence-electron chi connectivity index (χ2n) is 7.88. The van der Waals surface area contributed by atoms with Gasteiger partial charge in [0, 0.05) is 52.8 Å². The predicted octanol–water partition coefficient (Wildman–Crippen LogP) is 1.78. The van der Waals surface area contributed by atoms with Crippen LogP contribution in [-0.4, -0.2) is 58.6 Å². The maximum absolute atomic E-state index is 12.4. The van der Waals surface area contributed by atoms with Crippen LogP contribution in [-0.2, 0) is 34.8 Å². The molecule has 0 fully saturated rings. The summed E-state index contributed by atoms with van der Waals surface area (Å²) in [5.41, 5.74) is 3.55. The number of aromatic nitrogens is 4. The number of amides is 1. The van der Waals surface area contributed by atoms with Crippen LogP contribution in [0.3, 0.4) is 0 Å². The van der Waals surface area contributed by atoms with E-state index in [4.69, 9.17) is 0 Å². The van der Waals surface area contributed by atoms with Crippen molar-refractivity contribution in [2.75, 3.05) is 20.6 Å². The first-order valence-corrected chi connectivity index (χ1v) is 11.7. The molecular weight excluding hydrogens is 416 g/mol. The number of hydrogen-bond donors (Lipinski definition) is 1. The van der Waals surface area contributed by atoms with E-state index < -0.39 is 10.0 Å². The molecule has 3 aromatic rings. The van der Waals surface area contributed by atoms with Crippen LogP contribution in [0.4, 0.5) is 0 Å². The minimum absolute atomic E-state index is 0.0312. The van der Waals surface area contributed by atoms with Gasteiger partial charge in [-0.1, -0.05) is 0 Å². The molecule has 9 nitrogen and oxygen atoms in total. The molecule has 168 valence electrons. The Morgan fingerprint density at radius 2 is 1.94 bits per heavy atom. The van der Waals surface area contributed by atoms with E-state index in [1.165, 1.54) is 18.4 Å². The summed E-state index contributed by atoms with van der Waals surface area (Å²) in [7, 11) is 1.35. The van der Waals surface area contributed by atoms with E-state index in [9.17, 15) is 13.2 Å².